The Morgan fingerprint density at radius 1 is 1.32 bits per heavy atom. The van der Waals surface area contributed by atoms with Crippen molar-refractivity contribution < 1.29 is 9.53 Å². The number of nitrogens with two attached hydrogens (primary N) is 1. The van der Waals surface area contributed by atoms with Gasteiger partial charge in [-0.15, -0.1) is 12.4 Å². The molecule has 1 aromatic carbocycles. The van der Waals surface area contributed by atoms with E-state index in [9.17, 15) is 4.79 Å². The number of halogens is 1. The number of nitrogens with one attached hydrogen (secondary N) is 1. The Morgan fingerprint density at radius 2 is 1.89 bits per heavy atom. The molecule has 0 aliphatic carbocycles. The van der Waals surface area contributed by atoms with E-state index in [0.717, 1.165) is 17.7 Å². The first-order valence-corrected chi connectivity index (χ1v) is 6.30. The highest BCUT2D eigenvalue weighted by Gasteiger charge is 2.09. The summed E-state index contributed by atoms with van der Waals surface area (Å²) >= 11 is 0. The molecule has 108 valence electrons. The van der Waals surface area contributed by atoms with E-state index < -0.39 is 0 Å². The molecule has 0 saturated carbocycles. The molecule has 1 rings (SSSR count). The van der Waals surface area contributed by atoms with Gasteiger partial charge >= 0.3 is 0 Å². The molecular weight excluding hydrogens is 264 g/mol. The maximum absolute atomic E-state index is 11.5. The predicted molar refractivity (Wildman–Crippen MR) is 79.1 cm³/mol. The van der Waals surface area contributed by atoms with E-state index in [1.54, 1.807) is 0 Å². The third-order valence-electron chi connectivity index (χ3n) is 2.76. The third-order valence-corrected chi connectivity index (χ3v) is 2.76. The summed E-state index contributed by atoms with van der Waals surface area (Å²) in [6.45, 7) is 6.06. The Kier molecular flexibility index (Phi) is 9.21. The van der Waals surface area contributed by atoms with Gasteiger partial charge in [0.05, 0.1) is 6.61 Å². The van der Waals surface area contributed by atoms with Crippen molar-refractivity contribution in [2.24, 2.45) is 11.7 Å². The van der Waals surface area contributed by atoms with Gasteiger partial charge in [0.25, 0.3) is 0 Å². The number of amides is 1. The lowest BCUT2D eigenvalue weighted by Crippen LogP contribution is -2.32. The predicted octanol–water partition coefficient (Wildman–Crippen LogP) is 1.86. The van der Waals surface area contributed by atoms with Crippen LogP contribution in [0.2, 0.25) is 0 Å². The van der Waals surface area contributed by atoms with Gasteiger partial charge in [0, 0.05) is 25.6 Å². The monoisotopic (exact) mass is 286 g/mol. The zero-order valence-electron chi connectivity index (χ0n) is 11.5. The van der Waals surface area contributed by atoms with E-state index in [1.165, 1.54) is 0 Å². The minimum absolute atomic E-state index is 0. The third kappa shape index (κ3) is 6.57. The quantitative estimate of drug-likeness (QED) is 0.804. The van der Waals surface area contributed by atoms with Crippen LogP contribution in [0.5, 0.6) is 0 Å². The number of ether oxygens (including phenoxy) is 1. The summed E-state index contributed by atoms with van der Waals surface area (Å²) in [6, 6.07) is 8.04. The number of carbonyl (C=O) groups excluding carboxylic acids is 1. The molecule has 0 radical (unpaired) electrons. The Morgan fingerprint density at radius 3 is 2.42 bits per heavy atom. The summed E-state index contributed by atoms with van der Waals surface area (Å²) < 4.78 is 5.32. The highest BCUT2D eigenvalue weighted by atomic mass is 35.5. The van der Waals surface area contributed by atoms with E-state index in [0.29, 0.717) is 19.7 Å². The van der Waals surface area contributed by atoms with E-state index in [4.69, 9.17) is 10.5 Å². The number of hydrogen-bond donors (Lipinski definition) is 2. The number of benzene rings is 1. The first-order chi connectivity index (χ1) is 8.67. The molecule has 0 aromatic heterocycles. The van der Waals surface area contributed by atoms with Crippen LogP contribution in [-0.2, 0) is 22.7 Å². The largest absolute Gasteiger partial charge is 0.377 e. The van der Waals surface area contributed by atoms with Gasteiger partial charge in [-0.1, -0.05) is 31.2 Å². The molecule has 19 heavy (non-hydrogen) atoms. The molecule has 1 amide bonds. The average molecular weight is 287 g/mol. The Balaban J connectivity index is 0.00000324. The lowest BCUT2D eigenvalue weighted by Gasteiger charge is -2.10. The van der Waals surface area contributed by atoms with Crippen LogP contribution in [0.25, 0.3) is 0 Å². The first-order valence-electron chi connectivity index (χ1n) is 6.30. The van der Waals surface area contributed by atoms with E-state index in [2.05, 4.69) is 5.32 Å². The van der Waals surface area contributed by atoms with Gasteiger partial charge in [0.1, 0.15) is 0 Å². The summed E-state index contributed by atoms with van der Waals surface area (Å²) in [6.07, 6.45) is 0. The van der Waals surface area contributed by atoms with Gasteiger partial charge in [0.15, 0.2) is 0 Å². The molecule has 0 fully saturated rings. The molecule has 0 spiro atoms. The van der Waals surface area contributed by atoms with Crippen LogP contribution in [0.15, 0.2) is 24.3 Å². The van der Waals surface area contributed by atoms with E-state index >= 15 is 0 Å². The van der Waals surface area contributed by atoms with Crippen molar-refractivity contribution in [3.05, 3.63) is 35.4 Å². The maximum Gasteiger partial charge on any atom is 0.224 e. The lowest BCUT2D eigenvalue weighted by molar-refractivity contribution is -0.124. The summed E-state index contributed by atoms with van der Waals surface area (Å²) in [4.78, 5) is 11.5. The topological polar surface area (TPSA) is 64.3 Å². The molecule has 3 N–H and O–H groups in total. The van der Waals surface area contributed by atoms with Gasteiger partial charge in [-0.25, -0.2) is 0 Å². The zero-order valence-corrected chi connectivity index (χ0v) is 12.3. The maximum atomic E-state index is 11.5. The van der Waals surface area contributed by atoms with Crippen LogP contribution in [0.4, 0.5) is 0 Å². The second-order valence-corrected chi connectivity index (χ2v) is 4.31. The van der Waals surface area contributed by atoms with Crippen molar-refractivity contribution in [2.75, 3.05) is 13.2 Å². The Bertz CT molecular complexity index is 368. The standard InChI is InChI=1S/C14H22N2O2.ClH/c1-3-18-10-13-6-4-12(5-7-13)9-16-14(17)11(2)8-15;/h4-7,11H,3,8-10,15H2,1-2H3,(H,16,17);1H. The molecular formula is C14H23ClN2O2. The molecule has 5 heteroatoms. The van der Waals surface area contributed by atoms with Crippen LogP contribution in [0, 0.1) is 5.92 Å². The van der Waals surface area contributed by atoms with Crippen molar-refractivity contribution >= 4 is 18.3 Å². The first kappa shape index (κ1) is 17.9. The molecule has 0 aliphatic heterocycles. The normalized spacial score (nSPS) is 11.5. The fourth-order valence-corrected chi connectivity index (χ4v) is 1.44. The van der Waals surface area contributed by atoms with Crippen molar-refractivity contribution in [2.45, 2.75) is 27.0 Å². The molecule has 0 bridgehead atoms. The minimum Gasteiger partial charge on any atom is -0.377 e. The molecule has 0 saturated heterocycles. The van der Waals surface area contributed by atoms with Crippen molar-refractivity contribution in [3.8, 4) is 0 Å². The fraction of sp³-hybridized carbons (Fsp3) is 0.500. The van der Waals surface area contributed by atoms with Crippen LogP contribution in [0.3, 0.4) is 0 Å². The van der Waals surface area contributed by atoms with Crippen molar-refractivity contribution in [1.29, 1.82) is 0 Å². The van der Waals surface area contributed by atoms with E-state index in [-0.39, 0.29) is 24.2 Å². The fourth-order valence-electron chi connectivity index (χ4n) is 1.44. The van der Waals surface area contributed by atoms with Crippen molar-refractivity contribution in [3.63, 3.8) is 0 Å². The second-order valence-electron chi connectivity index (χ2n) is 4.31. The van der Waals surface area contributed by atoms with Crippen LogP contribution in [0.1, 0.15) is 25.0 Å². The molecule has 1 aromatic rings. The number of hydrogen-bond acceptors (Lipinski definition) is 3. The molecule has 0 aliphatic rings. The summed E-state index contributed by atoms with van der Waals surface area (Å²) in [5.41, 5.74) is 7.65. The number of carbonyl (C=O) groups is 1. The Labute approximate surface area is 121 Å². The van der Waals surface area contributed by atoms with Gasteiger partial charge in [-0.2, -0.15) is 0 Å². The number of rotatable bonds is 7. The molecule has 1 atom stereocenters. The smallest absolute Gasteiger partial charge is 0.224 e. The lowest BCUT2D eigenvalue weighted by atomic mass is 10.1. The van der Waals surface area contributed by atoms with Gasteiger partial charge in [-0.05, 0) is 18.1 Å². The summed E-state index contributed by atoms with van der Waals surface area (Å²) in [7, 11) is 0. The average Bonchev–Trinajstić information content (AvgIpc) is 2.42. The summed E-state index contributed by atoms with van der Waals surface area (Å²) in [5.74, 6) is -0.141. The minimum atomic E-state index is -0.137. The van der Waals surface area contributed by atoms with Crippen LogP contribution in [-0.4, -0.2) is 19.1 Å². The SMILES string of the molecule is CCOCc1ccc(CNC(=O)C(C)CN)cc1.Cl. The highest BCUT2D eigenvalue weighted by Crippen LogP contribution is 2.06. The van der Waals surface area contributed by atoms with Gasteiger partial charge in [0.2, 0.25) is 5.91 Å². The second kappa shape index (κ2) is 9.78. The van der Waals surface area contributed by atoms with Gasteiger partial charge in [-0.3, -0.25) is 4.79 Å². The van der Waals surface area contributed by atoms with E-state index in [1.807, 2.05) is 38.1 Å². The zero-order chi connectivity index (χ0) is 13.4. The Hall–Kier alpha value is -1.10. The van der Waals surface area contributed by atoms with Crippen LogP contribution >= 0.6 is 12.4 Å². The highest BCUT2D eigenvalue weighted by molar-refractivity contribution is 5.85. The van der Waals surface area contributed by atoms with Crippen molar-refractivity contribution in [1.82, 2.24) is 5.32 Å². The summed E-state index contributed by atoms with van der Waals surface area (Å²) in [5, 5.41) is 2.86. The van der Waals surface area contributed by atoms with Gasteiger partial charge < -0.3 is 15.8 Å². The van der Waals surface area contributed by atoms with Crippen LogP contribution < -0.4 is 11.1 Å². The molecule has 1 unspecified atom stereocenters. The molecule has 0 heterocycles. The molecule has 4 nitrogen and oxygen atoms in total.